The normalized spacial score (nSPS) is 10.5. The number of hydrogen-bond acceptors (Lipinski definition) is 8. The molecule has 4 N–H and O–H groups in total. The molecule has 144 valence electrons. The van der Waals surface area contributed by atoms with E-state index < -0.39 is 5.97 Å². The number of nitrogens with zero attached hydrogens (tertiary/aromatic N) is 3. The highest BCUT2D eigenvalue weighted by atomic mass is 16.5. The number of rotatable bonds is 5. The highest BCUT2D eigenvalue weighted by molar-refractivity contribution is 5.98. The molecule has 2 heterocycles. The van der Waals surface area contributed by atoms with Gasteiger partial charge in [-0.25, -0.2) is 14.8 Å². The lowest BCUT2D eigenvalue weighted by Crippen LogP contribution is -2.09. The minimum atomic E-state index is -0.456. The van der Waals surface area contributed by atoms with Crippen LogP contribution in [0.4, 0.5) is 28.7 Å². The topological polar surface area (TPSA) is 115 Å². The summed E-state index contributed by atoms with van der Waals surface area (Å²) in [5.41, 5.74) is 9.20. The van der Waals surface area contributed by atoms with E-state index in [1.165, 1.54) is 13.4 Å². The zero-order valence-electron chi connectivity index (χ0n) is 15.6. The first kappa shape index (κ1) is 18.2. The van der Waals surface area contributed by atoms with Crippen LogP contribution in [0.5, 0.6) is 0 Å². The Morgan fingerprint density at radius 2 is 1.62 bits per heavy atom. The van der Waals surface area contributed by atoms with Gasteiger partial charge in [-0.05, 0) is 36.4 Å². The van der Waals surface area contributed by atoms with E-state index in [1.807, 2.05) is 30.3 Å². The summed E-state index contributed by atoms with van der Waals surface area (Å²) in [4.78, 5) is 24.8. The van der Waals surface area contributed by atoms with Crippen molar-refractivity contribution in [3.8, 4) is 0 Å². The quantitative estimate of drug-likeness (QED) is 0.443. The van der Waals surface area contributed by atoms with Gasteiger partial charge in [0.15, 0.2) is 11.6 Å². The number of ether oxygens (including phenoxy) is 1. The van der Waals surface area contributed by atoms with Gasteiger partial charge in [-0.1, -0.05) is 18.2 Å². The van der Waals surface area contributed by atoms with Crippen molar-refractivity contribution in [3.63, 3.8) is 0 Å². The van der Waals surface area contributed by atoms with Crippen molar-refractivity contribution < 1.29 is 9.53 Å². The fourth-order valence-electron chi connectivity index (χ4n) is 2.94. The van der Waals surface area contributed by atoms with E-state index in [0.29, 0.717) is 28.6 Å². The molecule has 0 bridgehead atoms. The monoisotopic (exact) mass is 386 g/mol. The van der Waals surface area contributed by atoms with Gasteiger partial charge in [-0.2, -0.15) is 0 Å². The molecule has 0 aliphatic rings. The second-order valence-corrected chi connectivity index (χ2v) is 6.15. The van der Waals surface area contributed by atoms with E-state index in [2.05, 4.69) is 25.6 Å². The predicted molar refractivity (Wildman–Crippen MR) is 113 cm³/mol. The molecule has 29 heavy (non-hydrogen) atoms. The predicted octanol–water partition coefficient (Wildman–Crippen LogP) is 3.88. The van der Waals surface area contributed by atoms with Gasteiger partial charge < -0.3 is 21.1 Å². The molecule has 0 atom stereocenters. The summed E-state index contributed by atoms with van der Waals surface area (Å²) in [5, 5.41) is 7.28. The average Bonchev–Trinajstić information content (AvgIpc) is 2.76. The SMILES string of the molecule is COC(=O)c1ccccc1Nc1ncnc(Nc2cccc3ncccc23)c1N. The zero-order valence-corrected chi connectivity index (χ0v) is 15.6. The molecular formula is C21H18N6O2. The number of pyridine rings is 1. The summed E-state index contributed by atoms with van der Waals surface area (Å²) in [6.45, 7) is 0. The van der Waals surface area contributed by atoms with Gasteiger partial charge in [-0.3, -0.25) is 4.98 Å². The lowest BCUT2D eigenvalue weighted by atomic mass is 10.1. The lowest BCUT2D eigenvalue weighted by Gasteiger charge is -2.15. The van der Waals surface area contributed by atoms with E-state index in [1.54, 1.807) is 30.5 Å². The van der Waals surface area contributed by atoms with Crippen molar-refractivity contribution in [1.82, 2.24) is 15.0 Å². The summed E-state index contributed by atoms with van der Waals surface area (Å²) in [5.74, 6) is 0.356. The van der Waals surface area contributed by atoms with Gasteiger partial charge >= 0.3 is 5.97 Å². The molecule has 0 saturated heterocycles. The van der Waals surface area contributed by atoms with Gasteiger partial charge in [0.25, 0.3) is 0 Å². The summed E-state index contributed by atoms with van der Waals surface area (Å²) in [7, 11) is 1.33. The Labute approximate surface area is 166 Å². The summed E-state index contributed by atoms with van der Waals surface area (Å²) in [6, 6.07) is 16.6. The summed E-state index contributed by atoms with van der Waals surface area (Å²) in [6.07, 6.45) is 3.14. The first-order chi connectivity index (χ1) is 14.2. The molecule has 0 aliphatic carbocycles. The Morgan fingerprint density at radius 3 is 2.41 bits per heavy atom. The number of nitrogens with one attached hydrogen (secondary N) is 2. The number of esters is 1. The van der Waals surface area contributed by atoms with E-state index in [4.69, 9.17) is 10.5 Å². The molecule has 0 spiro atoms. The molecule has 4 rings (SSSR count). The van der Waals surface area contributed by atoms with E-state index in [-0.39, 0.29) is 0 Å². The van der Waals surface area contributed by atoms with Gasteiger partial charge in [0.1, 0.15) is 12.0 Å². The zero-order chi connectivity index (χ0) is 20.2. The van der Waals surface area contributed by atoms with Gasteiger partial charge in [0.2, 0.25) is 0 Å². The molecule has 0 fully saturated rings. The third kappa shape index (κ3) is 3.63. The van der Waals surface area contributed by atoms with Crippen LogP contribution in [0.15, 0.2) is 67.1 Å². The standard InChI is InChI=1S/C21H18N6O2/c1-29-21(28)14-6-2-3-8-17(14)27-20-18(22)19(24-12-25-20)26-16-10-4-9-15-13(16)7-5-11-23-15/h2-12H,22H2,1H3,(H2,24,25,26,27). The maximum atomic E-state index is 12.0. The molecule has 0 unspecified atom stereocenters. The number of methoxy groups -OCH3 is 1. The molecule has 0 saturated carbocycles. The van der Waals surface area contributed by atoms with Crippen molar-refractivity contribution in [3.05, 3.63) is 72.7 Å². The molecule has 8 nitrogen and oxygen atoms in total. The number of nitrogen functional groups attached to an aromatic ring is 1. The van der Waals surface area contributed by atoms with Gasteiger partial charge in [0.05, 0.1) is 23.9 Å². The van der Waals surface area contributed by atoms with E-state index in [9.17, 15) is 4.79 Å². The van der Waals surface area contributed by atoms with Crippen LogP contribution in [0, 0.1) is 0 Å². The first-order valence-corrected chi connectivity index (χ1v) is 8.83. The van der Waals surface area contributed by atoms with Crippen LogP contribution in [-0.4, -0.2) is 28.0 Å². The van der Waals surface area contributed by atoms with Crippen molar-refractivity contribution >= 4 is 45.6 Å². The number of para-hydroxylation sites is 1. The van der Waals surface area contributed by atoms with Gasteiger partial charge in [-0.15, -0.1) is 0 Å². The van der Waals surface area contributed by atoms with Crippen molar-refractivity contribution in [2.75, 3.05) is 23.5 Å². The van der Waals surface area contributed by atoms with Crippen LogP contribution >= 0.6 is 0 Å². The fraction of sp³-hybridized carbons (Fsp3) is 0.0476. The average molecular weight is 386 g/mol. The second-order valence-electron chi connectivity index (χ2n) is 6.15. The van der Waals surface area contributed by atoms with Crippen LogP contribution < -0.4 is 16.4 Å². The number of carbonyl (C=O) groups is 1. The minimum Gasteiger partial charge on any atom is -0.465 e. The largest absolute Gasteiger partial charge is 0.465 e. The van der Waals surface area contributed by atoms with E-state index in [0.717, 1.165) is 16.6 Å². The smallest absolute Gasteiger partial charge is 0.339 e. The summed E-state index contributed by atoms with van der Waals surface area (Å²) >= 11 is 0. The Hall–Kier alpha value is -4.20. The van der Waals surface area contributed by atoms with E-state index >= 15 is 0 Å². The molecule has 8 heteroatoms. The third-order valence-electron chi connectivity index (χ3n) is 4.37. The highest BCUT2D eigenvalue weighted by Gasteiger charge is 2.15. The number of nitrogens with two attached hydrogens (primary N) is 1. The van der Waals surface area contributed by atoms with Crippen molar-refractivity contribution in [2.45, 2.75) is 0 Å². The Morgan fingerprint density at radius 1 is 0.897 bits per heavy atom. The maximum Gasteiger partial charge on any atom is 0.339 e. The molecule has 2 aromatic carbocycles. The van der Waals surface area contributed by atoms with Crippen molar-refractivity contribution in [1.29, 1.82) is 0 Å². The van der Waals surface area contributed by atoms with Crippen LogP contribution in [0.1, 0.15) is 10.4 Å². The second kappa shape index (κ2) is 7.81. The molecule has 0 radical (unpaired) electrons. The van der Waals surface area contributed by atoms with Crippen molar-refractivity contribution in [2.24, 2.45) is 0 Å². The Kier molecular flexibility index (Phi) is 4.90. The number of hydrogen-bond donors (Lipinski definition) is 3. The third-order valence-corrected chi connectivity index (χ3v) is 4.37. The van der Waals surface area contributed by atoms with Gasteiger partial charge in [0, 0.05) is 17.3 Å². The molecule has 0 aliphatic heterocycles. The summed E-state index contributed by atoms with van der Waals surface area (Å²) < 4.78 is 4.83. The Balaban J connectivity index is 1.68. The first-order valence-electron chi connectivity index (χ1n) is 8.83. The number of benzene rings is 2. The minimum absolute atomic E-state index is 0.313. The number of aromatic nitrogens is 3. The maximum absolute atomic E-state index is 12.0. The highest BCUT2D eigenvalue weighted by Crippen LogP contribution is 2.31. The number of carbonyl (C=O) groups excluding carboxylic acids is 1. The van der Waals surface area contributed by atoms with Crippen LogP contribution in [-0.2, 0) is 4.74 Å². The molecule has 0 amide bonds. The van der Waals surface area contributed by atoms with Crippen LogP contribution in [0.2, 0.25) is 0 Å². The van der Waals surface area contributed by atoms with Crippen LogP contribution in [0.25, 0.3) is 10.9 Å². The molecule has 2 aromatic heterocycles. The molecular weight excluding hydrogens is 368 g/mol. The molecule has 4 aromatic rings. The Bertz CT molecular complexity index is 1190. The number of anilines is 5. The number of fused-ring (bicyclic) bond motifs is 1. The lowest BCUT2D eigenvalue weighted by molar-refractivity contribution is 0.0602. The van der Waals surface area contributed by atoms with Crippen LogP contribution in [0.3, 0.4) is 0 Å². The fourth-order valence-corrected chi connectivity index (χ4v) is 2.94.